The third-order valence-electron chi connectivity index (χ3n) is 8.05. The third kappa shape index (κ3) is 5.50. The van der Waals surface area contributed by atoms with Crippen molar-refractivity contribution in [2.45, 2.75) is 45.6 Å². The maximum atomic E-state index is 13.3. The van der Waals surface area contributed by atoms with E-state index in [0.717, 1.165) is 84.1 Å². The van der Waals surface area contributed by atoms with Gasteiger partial charge in [0.05, 0.1) is 18.4 Å². The van der Waals surface area contributed by atoms with Gasteiger partial charge in [-0.3, -0.25) is 4.79 Å². The van der Waals surface area contributed by atoms with Gasteiger partial charge in [0.25, 0.3) is 5.91 Å². The molecule has 0 aliphatic carbocycles. The van der Waals surface area contributed by atoms with E-state index in [9.17, 15) is 4.79 Å². The summed E-state index contributed by atoms with van der Waals surface area (Å²) in [5.74, 6) is 2.56. The normalized spacial score (nSPS) is 15.1. The molecule has 2 aliphatic rings. The predicted molar refractivity (Wildman–Crippen MR) is 160 cm³/mol. The number of carbonyl (C=O) groups excluding carboxylic acids is 1. The summed E-state index contributed by atoms with van der Waals surface area (Å²) in [7, 11) is 3.79. The number of likely N-dealkylation sites (tertiary alicyclic amines) is 1. The lowest BCUT2D eigenvalue weighted by Gasteiger charge is -2.29. The van der Waals surface area contributed by atoms with Crippen LogP contribution in [0.5, 0.6) is 11.5 Å². The van der Waals surface area contributed by atoms with Crippen molar-refractivity contribution in [1.82, 2.24) is 19.4 Å². The topological polar surface area (TPSA) is 93.5 Å². The van der Waals surface area contributed by atoms with Crippen molar-refractivity contribution in [2.24, 2.45) is 0 Å². The second kappa shape index (κ2) is 11.2. The summed E-state index contributed by atoms with van der Waals surface area (Å²) < 4.78 is 13.9. The number of hydrogen-bond acceptors (Lipinski definition) is 7. The minimum absolute atomic E-state index is 0.112. The van der Waals surface area contributed by atoms with Gasteiger partial charge in [-0.15, -0.1) is 0 Å². The Morgan fingerprint density at radius 3 is 2.59 bits per heavy atom. The van der Waals surface area contributed by atoms with Crippen LogP contribution in [0.4, 0.5) is 17.3 Å². The molecule has 4 heterocycles. The van der Waals surface area contributed by atoms with Gasteiger partial charge < -0.3 is 29.6 Å². The first kappa shape index (κ1) is 26.8. The number of amides is 1. The average molecular weight is 553 g/mol. The molecule has 0 spiro atoms. The van der Waals surface area contributed by atoms with Crippen LogP contribution in [0.25, 0.3) is 5.82 Å². The number of nitrogens with zero attached hydrogens (tertiary/aromatic N) is 4. The van der Waals surface area contributed by atoms with Crippen molar-refractivity contribution in [2.75, 3.05) is 37.9 Å². The molecule has 1 amide bonds. The fourth-order valence-corrected chi connectivity index (χ4v) is 5.68. The number of benzene rings is 2. The lowest BCUT2D eigenvalue weighted by Crippen LogP contribution is -2.35. The number of piperidine rings is 1. The van der Waals surface area contributed by atoms with Crippen molar-refractivity contribution in [3.05, 3.63) is 82.8 Å². The Balaban J connectivity index is 1.21. The molecule has 2 N–H and O–H groups in total. The second-order valence-electron chi connectivity index (χ2n) is 10.9. The fourth-order valence-electron chi connectivity index (χ4n) is 5.68. The largest absolute Gasteiger partial charge is 0.494 e. The molecule has 2 aromatic carbocycles. The maximum Gasteiger partial charge on any atom is 0.257 e. The van der Waals surface area contributed by atoms with Crippen LogP contribution in [-0.2, 0) is 12.8 Å². The highest BCUT2D eigenvalue weighted by molar-refractivity contribution is 6.06. The van der Waals surface area contributed by atoms with Crippen LogP contribution in [0.1, 0.15) is 45.6 Å². The molecular weight excluding hydrogens is 516 g/mol. The Kier molecular flexibility index (Phi) is 7.36. The Bertz CT molecular complexity index is 1570. The standard InChI is InChI=1S/C32H36N6O3/c1-20-6-5-7-21(2)29(20)35-31(39)25-14-17-38-27(25)11-8-22-19-33-32(36-30(22)38)34-26-10-9-24(18-28(26)40-4)41-23-12-15-37(3)16-13-23/h5-7,9-10,14,17-19,23H,8,11-13,15-16H2,1-4H3,(H,35,39)(H,33,34,36). The minimum Gasteiger partial charge on any atom is -0.494 e. The molecule has 0 saturated carbocycles. The second-order valence-corrected chi connectivity index (χ2v) is 10.9. The molecule has 0 unspecified atom stereocenters. The summed E-state index contributed by atoms with van der Waals surface area (Å²) in [5, 5.41) is 6.43. The fraction of sp³-hybridized carbons (Fsp3) is 0.344. The van der Waals surface area contributed by atoms with Crippen molar-refractivity contribution >= 4 is 23.2 Å². The Hall–Kier alpha value is -4.37. The number of fused-ring (bicyclic) bond motifs is 3. The summed E-state index contributed by atoms with van der Waals surface area (Å²) in [4.78, 5) is 25.1. The monoisotopic (exact) mass is 552 g/mol. The summed E-state index contributed by atoms with van der Waals surface area (Å²) in [6.07, 6.45) is 7.50. The highest BCUT2D eigenvalue weighted by atomic mass is 16.5. The van der Waals surface area contributed by atoms with Crippen LogP contribution in [0.3, 0.4) is 0 Å². The highest BCUT2D eigenvalue weighted by Crippen LogP contribution is 2.33. The molecule has 9 heteroatoms. The van der Waals surface area contributed by atoms with Crippen molar-refractivity contribution in [1.29, 1.82) is 0 Å². The number of hydrogen-bond donors (Lipinski definition) is 2. The minimum atomic E-state index is -0.112. The zero-order chi connectivity index (χ0) is 28.5. The molecule has 2 aromatic heterocycles. The molecule has 4 aromatic rings. The number of aromatic nitrogens is 3. The van der Waals surface area contributed by atoms with Crippen LogP contribution >= 0.6 is 0 Å². The van der Waals surface area contributed by atoms with Gasteiger partial charge >= 0.3 is 0 Å². The number of para-hydroxylation sites is 1. The Morgan fingerprint density at radius 2 is 1.83 bits per heavy atom. The van der Waals surface area contributed by atoms with Crippen LogP contribution in [0.2, 0.25) is 0 Å². The number of methoxy groups -OCH3 is 1. The van der Waals surface area contributed by atoms with E-state index in [-0.39, 0.29) is 12.0 Å². The van der Waals surface area contributed by atoms with Crippen LogP contribution in [-0.4, -0.2) is 58.7 Å². The van der Waals surface area contributed by atoms with Crippen LogP contribution in [0, 0.1) is 13.8 Å². The molecule has 1 fully saturated rings. The SMILES string of the molecule is COc1cc(OC2CCN(C)CC2)ccc1Nc1ncc2c(n1)-n1ccc(C(=O)Nc3c(C)cccc3C)c1CC2. The van der Waals surface area contributed by atoms with Crippen LogP contribution in [0.15, 0.2) is 54.9 Å². The first-order chi connectivity index (χ1) is 19.9. The molecule has 41 heavy (non-hydrogen) atoms. The van der Waals surface area contributed by atoms with E-state index in [2.05, 4.69) is 27.6 Å². The van der Waals surface area contributed by atoms with Crippen LogP contribution < -0.4 is 20.1 Å². The number of nitrogens with one attached hydrogen (secondary N) is 2. The van der Waals surface area contributed by atoms with Gasteiger partial charge in [0.15, 0.2) is 0 Å². The zero-order valence-corrected chi connectivity index (χ0v) is 24.0. The number of ether oxygens (including phenoxy) is 2. The number of aryl methyl sites for hydroxylation is 3. The average Bonchev–Trinajstić information content (AvgIpc) is 3.42. The third-order valence-corrected chi connectivity index (χ3v) is 8.05. The van der Waals surface area contributed by atoms with Crippen molar-refractivity contribution < 1.29 is 14.3 Å². The number of anilines is 3. The Morgan fingerprint density at radius 1 is 1.05 bits per heavy atom. The summed E-state index contributed by atoms with van der Waals surface area (Å²) >= 11 is 0. The van der Waals surface area contributed by atoms with E-state index in [0.29, 0.717) is 17.3 Å². The zero-order valence-electron chi connectivity index (χ0n) is 24.0. The van der Waals surface area contributed by atoms with E-state index < -0.39 is 0 Å². The highest BCUT2D eigenvalue weighted by Gasteiger charge is 2.25. The maximum absolute atomic E-state index is 13.3. The summed E-state index contributed by atoms with van der Waals surface area (Å²) in [6, 6.07) is 13.7. The first-order valence-electron chi connectivity index (χ1n) is 14.1. The smallest absolute Gasteiger partial charge is 0.257 e. The quantitative estimate of drug-likeness (QED) is 0.314. The molecule has 1 saturated heterocycles. The van der Waals surface area contributed by atoms with E-state index in [1.807, 2.05) is 73.3 Å². The molecule has 0 radical (unpaired) electrons. The van der Waals surface area contributed by atoms with E-state index in [4.69, 9.17) is 14.5 Å². The van der Waals surface area contributed by atoms with Crippen molar-refractivity contribution in [3.63, 3.8) is 0 Å². The molecule has 6 rings (SSSR count). The number of rotatable bonds is 7. The molecule has 2 aliphatic heterocycles. The lowest BCUT2D eigenvalue weighted by atomic mass is 10.0. The van der Waals surface area contributed by atoms with Gasteiger partial charge in [-0.25, -0.2) is 4.98 Å². The van der Waals surface area contributed by atoms with E-state index in [1.165, 1.54) is 0 Å². The van der Waals surface area contributed by atoms with Gasteiger partial charge in [-0.1, -0.05) is 18.2 Å². The first-order valence-corrected chi connectivity index (χ1v) is 14.1. The van der Waals surface area contributed by atoms with Crippen molar-refractivity contribution in [3.8, 4) is 17.3 Å². The molecule has 212 valence electrons. The van der Waals surface area contributed by atoms with Gasteiger partial charge in [-0.05, 0) is 75.9 Å². The van der Waals surface area contributed by atoms with E-state index in [1.54, 1.807) is 7.11 Å². The van der Waals surface area contributed by atoms with Gasteiger partial charge in [0.1, 0.15) is 23.4 Å². The lowest BCUT2D eigenvalue weighted by molar-refractivity contribution is 0.102. The summed E-state index contributed by atoms with van der Waals surface area (Å²) in [5.41, 5.74) is 6.33. The Labute approximate surface area is 240 Å². The van der Waals surface area contributed by atoms with Gasteiger partial charge in [0.2, 0.25) is 5.95 Å². The number of carbonyl (C=O) groups is 1. The summed E-state index contributed by atoms with van der Waals surface area (Å²) in [6.45, 7) is 6.09. The predicted octanol–water partition coefficient (Wildman–Crippen LogP) is 5.46. The molecular formula is C32H36N6O3. The molecule has 9 nitrogen and oxygen atoms in total. The van der Waals surface area contributed by atoms with Gasteiger partial charge in [0, 0.05) is 48.5 Å². The molecule has 0 bridgehead atoms. The van der Waals surface area contributed by atoms with E-state index >= 15 is 0 Å². The van der Waals surface area contributed by atoms with Gasteiger partial charge in [-0.2, -0.15) is 4.98 Å². The molecule has 0 atom stereocenters.